The van der Waals surface area contributed by atoms with Crippen molar-refractivity contribution < 1.29 is 34.1 Å². The molecule has 0 bridgehead atoms. The number of rotatable bonds is 7. The van der Waals surface area contributed by atoms with Crippen LogP contribution in [-0.4, -0.2) is 68.1 Å². The van der Waals surface area contributed by atoms with E-state index in [9.17, 15) is 0 Å². The summed E-state index contributed by atoms with van der Waals surface area (Å²) in [4.78, 5) is 4.81. The van der Waals surface area contributed by atoms with Gasteiger partial charge in [-0.05, 0) is 118 Å². The van der Waals surface area contributed by atoms with Crippen LogP contribution in [-0.2, 0) is 34.1 Å². The van der Waals surface area contributed by atoms with Crippen LogP contribution in [0, 0.1) is 11.8 Å². The summed E-state index contributed by atoms with van der Waals surface area (Å²) >= 11 is 0. The second-order valence-electron chi connectivity index (χ2n) is 15.9. The Bertz CT molecular complexity index is 822. The van der Waals surface area contributed by atoms with Gasteiger partial charge < -0.3 is 9.80 Å². The van der Waals surface area contributed by atoms with E-state index in [0.717, 1.165) is 29.2 Å². The summed E-state index contributed by atoms with van der Waals surface area (Å²) in [5, 5.41) is 1.72. The van der Waals surface area contributed by atoms with Crippen LogP contribution in [0.4, 0.5) is 0 Å². The third-order valence-electron chi connectivity index (χ3n) is 12.7. The molecule has 0 spiro atoms. The predicted octanol–water partition coefficient (Wildman–Crippen LogP) is 11.4. The van der Waals surface area contributed by atoms with Crippen molar-refractivity contribution in [3.8, 4) is 0 Å². The molecule has 5 atom stereocenters. The van der Waals surface area contributed by atoms with Gasteiger partial charge in [0, 0.05) is 52.1 Å². The van der Waals surface area contributed by atoms with Crippen LogP contribution in [0.5, 0.6) is 0 Å². The molecule has 5 saturated carbocycles. The molecule has 1 aromatic carbocycles. The van der Waals surface area contributed by atoms with Crippen molar-refractivity contribution in [3.63, 3.8) is 0 Å². The van der Waals surface area contributed by atoms with Gasteiger partial charge in [-0.2, -0.15) is 0 Å². The zero-order valence-corrected chi connectivity index (χ0v) is 34.6. The van der Waals surface area contributed by atoms with Gasteiger partial charge in [0.25, 0.3) is 0 Å². The zero-order valence-electron chi connectivity index (χ0n) is 31.5. The molecule has 6 rings (SSSR count). The van der Waals surface area contributed by atoms with Gasteiger partial charge in [0.1, 0.15) is 0 Å². The van der Waals surface area contributed by atoms with Gasteiger partial charge in [-0.3, -0.25) is 0 Å². The SMILES string of the molecule is C1CCCC1.C1CCCC1.C[C@H](C1CCCC1)N(C)C.C[C@H](C1CCCC1[P+](C)(c1ccccc1)C1CCCCC1)N(C)C.[Fe].[Fe]. The van der Waals surface area contributed by atoms with Crippen molar-refractivity contribution in [3.05, 3.63) is 30.3 Å². The van der Waals surface area contributed by atoms with E-state index in [1.807, 2.05) is 0 Å². The Balaban J connectivity index is 0.000000392. The van der Waals surface area contributed by atoms with Crippen LogP contribution in [0.1, 0.15) is 155 Å². The van der Waals surface area contributed by atoms with Crippen molar-refractivity contribution >= 4 is 12.6 Å². The fourth-order valence-electron chi connectivity index (χ4n) is 9.25. The van der Waals surface area contributed by atoms with E-state index in [2.05, 4.69) is 88.8 Å². The van der Waals surface area contributed by atoms with Crippen LogP contribution in [0.25, 0.3) is 0 Å². The second kappa shape index (κ2) is 24.7. The maximum absolute atomic E-state index is 2.74. The van der Waals surface area contributed by atoms with Gasteiger partial charge in [-0.1, -0.05) is 102 Å². The van der Waals surface area contributed by atoms with Crippen molar-refractivity contribution in [1.29, 1.82) is 0 Å². The van der Waals surface area contributed by atoms with Gasteiger partial charge in [-0.15, -0.1) is 0 Å². The first kappa shape index (κ1) is 44.6. The van der Waals surface area contributed by atoms with Crippen LogP contribution < -0.4 is 5.30 Å². The van der Waals surface area contributed by atoms with E-state index in [4.69, 9.17) is 0 Å². The summed E-state index contributed by atoms with van der Waals surface area (Å²) in [6, 6.07) is 13.2. The molecule has 46 heavy (non-hydrogen) atoms. The first-order valence-electron chi connectivity index (χ1n) is 19.5. The number of nitrogens with zero attached hydrogens (tertiary/aromatic N) is 2. The first-order valence-corrected chi connectivity index (χ1v) is 21.9. The molecule has 0 radical (unpaired) electrons. The van der Waals surface area contributed by atoms with Crippen LogP contribution >= 0.6 is 7.26 Å². The van der Waals surface area contributed by atoms with Crippen molar-refractivity contribution in [1.82, 2.24) is 9.80 Å². The molecule has 0 heterocycles. The third-order valence-corrected chi connectivity index (χ3v) is 18.2. The summed E-state index contributed by atoms with van der Waals surface area (Å²) in [5.74, 6) is 1.87. The predicted molar refractivity (Wildman–Crippen MR) is 201 cm³/mol. The van der Waals surface area contributed by atoms with Gasteiger partial charge in [0.2, 0.25) is 0 Å². The summed E-state index contributed by atoms with van der Waals surface area (Å²) in [6.45, 7) is 7.55. The smallest absolute Gasteiger partial charge is 0.0942 e. The Kier molecular flexibility index (Phi) is 24.0. The fourth-order valence-corrected chi connectivity index (χ4v) is 14.8. The molecule has 0 amide bonds. The Morgan fingerprint density at radius 1 is 0.522 bits per heavy atom. The van der Waals surface area contributed by atoms with Crippen molar-refractivity contribution in [2.45, 2.75) is 179 Å². The molecule has 0 aromatic heterocycles. The fraction of sp³-hybridized carbons (Fsp3) is 0.854. The molecule has 3 unspecified atom stereocenters. The average Bonchev–Trinajstić information content (AvgIpc) is 3.89. The molecule has 2 nitrogen and oxygen atoms in total. The average molecular weight is 740 g/mol. The van der Waals surface area contributed by atoms with E-state index < -0.39 is 7.26 Å². The van der Waals surface area contributed by atoms with E-state index in [1.165, 1.54) is 141 Å². The number of hydrogen-bond acceptors (Lipinski definition) is 2. The van der Waals surface area contributed by atoms with Crippen LogP contribution in [0.15, 0.2) is 30.3 Å². The first-order chi connectivity index (χ1) is 21.3. The molecule has 1 aromatic rings. The topological polar surface area (TPSA) is 6.48 Å². The zero-order chi connectivity index (χ0) is 31.8. The van der Waals surface area contributed by atoms with Crippen molar-refractivity contribution in [2.75, 3.05) is 34.9 Å². The molecule has 5 aliphatic rings. The third kappa shape index (κ3) is 14.1. The van der Waals surface area contributed by atoms with Gasteiger partial charge in [0.05, 0.1) is 30.5 Å². The summed E-state index contributed by atoms with van der Waals surface area (Å²) in [5.41, 5.74) is 1.93. The molecule has 0 N–H and O–H groups in total. The largest absolute Gasteiger partial charge is 0.306 e. The normalized spacial score (nSPS) is 25.8. The van der Waals surface area contributed by atoms with Gasteiger partial charge in [0.15, 0.2) is 0 Å². The summed E-state index contributed by atoms with van der Waals surface area (Å²) < 4.78 is 0. The van der Waals surface area contributed by atoms with E-state index in [1.54, 1.807) is 5.30 Å². The minimum Gasteiger partial charge on any atom is -0.306 e. The Hall–Kier alpha value is 0.609. The maximum atomic E-state index is 2.74. The monoisotopic (exact) mass is 739 g/mol. The molecular formula is C41H76Fe2N2P+. The molecule has 0 aliphatic heterocycles. The standard InChI is InChI=1S/C22H37NP.C9H19N.2C5H10.2Fe/c1-18(23(2)3)21-16-11-17-22(21)24(4,19-12-7-5-8-13-19)20-14-9-6-10-15-20;1-8(10(2)3)9-6-4-5-7-9;2*1-2-4-5-3-1;;/h5,7-8,12-13,18,20-22H,6,9-11,14-17H2,1-4H3;8-9H,4-7H2,1-3H3;2*1-5H2;;/q+1;;;;;/t18-,21?,22?,24?;8-;;;;/m11..../s1. The van der Waals surface area contributed by atoms with Gasteiger partial charge >= 0.3 is 0 Å². The van der Waals surface area contributed by atoms with Crippen molar-refractivity contribution in [2.24, 2.45) is 11.8 Å². The van der Waals surface area contributed by atoms with Crippen LogP contribution in [0.2, 0.25) is 0 Å². The summed E-state index contributed by atoms with van der Waals surface area (Å²) in [7, 11) is 7.80. The Morgan fingerprint density at radius 3 is 1.37 bits per heavy atom. The molecule has 270 valence electrons. The molecule has 5 heteroatoms. The van der Waals surface area contributed by atoms with E-state index >= 15 is 0 Å². The van der Waals surface area contributed by atoms with E-state index in [-0.39, 0.29) is 34.1 Å². The molecule has 5 fully saturated rings. The van der Waals surface area contributed by atoms with E-state index in [0.29, 0.717) is 6.04 Å². The maximum Gasteiger partial charge on any atom is 0.0942 e. The molecular weight excluding hydrogens is 663 g/mol. The summed E-state index contributed by atoms with van der Waals surface area (Å²) in [6.07, 6.45) is 32.6. The quantitative estimate of drug-likeness (QED) is 0.203. The Labute approximate surface area is 310 Å². The molecule has 0 saturated heterocycles. The van der Waals surface area contributed by atoms with Crippen LogP contribution in [0.3, 0.4) is 0 Å². The second-order valence-corrected chi connectivity index (χ2v) is 20.1. The van der Waals surface area contributed by atoms with Gasteiger partial charge in [-0.25, -0.2) is 0 Å². The minimum atomic E-state index is -1.12. The number of benzene rings is 1. The number of hydrogen-bond donors (Lipinski definition) is 0. The Morgan fingerprint density at radius 2 is 0.935 bits per heavy atom. The molecule has 5 aliphatic carbocycles. The minimum absolute atomic E-state index is 0.